The summed E-state index contributed by atoms with van der Waals surface area (Å²) in [5.41, 5.74) is 6.61. The average molecular weight is 229 g/mol. The molecule has 0 fully saturated rings. The first-order valence-electron chi connectivity index (χ1n) is 5.01. The molecule has 0 aliphatic rings. The molecule has 5 nitrogen and oxygen atoms in total. The number of carbonyl (C=O) groups is 1. The van der Waals surface area contributed by atoms with Gasteiger partial charge < -0.3 is 10.5 Å². The number of aromatic nitrogens is 2. The summed E-state index contributed by atoms with van der Waals surface area (Å²) < 4.78 is 5.11. The van der Waals surface area contributed by atoms with E-state index in [0.717, 1.165) is 5.56 Å². The molecule has 1 aromatic carbocycles. The van der Waals surface area contributed by atoms with Crippen LogP contribution in [0.2, 0.25) is 0 Å². The summed E-state index contributed by atoms with van der Waals surface area (Å²) in [5, 5.41) is 0. The average Bonchev–Trinajstić information content (AvgIpc) is 2.32. The van der Waals surface area contributed by atoms with Crippen LogP contribution in [0.3, 0.4) is 0 Å². The van der Waals surface area contributed by atoms with Gasteiger partial charge in [0.15, 0.2) is 5.69 Å². The first-order valence-corrected chi connectivity index (χ1v) is 5.01. The summed E-state index contributed by atoms with van der Waals surface area (Å²) in [7, 11) is 0. The van der Waals surface area contributed by atoms with Crippen molar-refractivity contribution >= 4 is 11.8 Å². The van der Waals surface area contributed by atoms with Crippen LogP contribution in [0.4, 0.5) is 5.82 Å². The quantitative estimate of drug-likeness (QED) is 0.625. The molecule has 0 radical (unpaired) electrons. The second kappa shape index (κ2) is 4.61. The number of hydrogen-bond donors (Lipinski definition) is 1. The van der Waals surface area contributed by atoms with Gasteiger partial charge in [-0.1, -0.05) is 17.7 Å². The highest BCUT2D eigenvalue weighted by Crippen LogP contribution is 2.13. The number of nitrogens with two attached hydrogens (primary N) is 1. The van der Waals surface area contributed by atoms with E-state index < -0.39 is 5.97 Å². The van der Waals surface area contributed by atoms with Crippen molar-refractivity contribution in [2.45, 2.75) is 6.92 Å². The summed E-state index contributed by atoms with van der Waals surface area (Å²) in [6.45, 7) is 1.95. The lowest BCUT2D eigenvalue weighted by atomic mass is 10.2. The highest BCUT2D eigenvalue weighted by molar-refractivity contribution is 5.88. The molecule has 0 saturated carbocycles. The maximum atomic E-state index is 11.7. The number of hydrogen-bond acceptors (Lipinski definition) is 5. The lowest BCUT2D eigenvalue weighted by molar-refractivity contribution is 0.0728. The Morgan fingerprint density at radius 1 is 1.24 bits per heavy atom. The molecule has 2 aromatic rings. The van der Waals surface area contributed by atoms with Crippen LogP contribution in [-0.4, -0.2) is 15.9 Å². The van der Waals surface area contributed by atoms with E-state index in [1.54, 1.807) is 12.1 Å². The SMILES string of the molecule is Cc1ccc(OC(=O)c2cncc(N)n2)cc1. The second-order valence-corrected chi connectivity index (χ2v) is 3.53. The van der Waals surface area contributed by atoms with Gasteiger partial charge in [-0.05, 0) is 19.1 Å². The molecule has 2 rings (SSSR count). The molecule has 1 aromatic heterocycles. The van der Waals surface area contributed by atoms with E-state index in [1.807, 2.05) is 19.1 Å². The predicted molar refractivity (Wildman–Crippen MR) is 62.6 cm³/mol. The third-order valence-corrected chi connectivity index (χ3v) is 2.09. The van der Waals surface area contributed by atoms with Crippen molar-refractivity contribution < 1.29 is 9.53 Å². The number of ether oxygens (including phenoxy) is 1. The zero-order chi connectivity index (χ0) is 12.3. The number of nitrogen functional groups attached to an aromatic ring is 1. The number of benzene rings is 1. The number of carbonyl (C=O) groups excluding carboxylic acids is 1. The molecular formula is C12H11N3O2. The molecule has 0 spiro atoms. The first-order chi connectivity index (χ1) is 8.15. The molecule has 86 valence electrons. The molecule has 0 aliphatic carbocycles. The molecule has 0 amide bonds. The van der Waals surface area contributed by atoms with Crippen molar-refractivity contribution in [2.24, 2.45) is 0 Å². The van der Waals surface area contributed by atoms with Crippen molar-refractivity contribution in [3.8, 4) is 5.75 Å². The van der Waals surface area contributed by atoms with Crippen LogP contribution in [-0.2, 0) is 0 Å². The number of rotatable bonds is 2. The number of anilines is 1. The third-order valence-electron chi connectivity index (χ3n) is 2.09. The van der Waals surface area contributed by atoms with E-state index >= 15 is 0 Å². The van der Waals surface area contributed by atoms with Gasteiger partial charge >= 0.3 is 5.97 Å². The van der Waals surface area contributed by atoms with Gasteiger partial charge in [0.05, 0.1) is 12.4 Å². The Kier molecular flexibility index (Phi) is 3.00. The lowest BCUT2D eigenvalue weighted by Crippen LogP contribution is -2.12. The van der Waals surface area contributed by atoms with Gasteiger partial charge in [0.2, 0.25) is 0 Å². The van der Waals surface area contributed by atoms with Crippen LogP contribution in [0.25, 0.3) is 0 Å². The van der Waals surface area contributed by atoms with Gasteiger partial charge in [-0.25, -0.2) is 9.78 Å². The Morgan fingerprint density at radius 3 is 2.59 bits per heavy atom. The van der Waals surface area contributed by atoms with Gasteiger partial charge in [0.25, 0.3) is 0 Å². The summed E-state index contributed by atoms with van der Waals surface area (Å²) in [4.78, 5) is 19.3. The normalized spacial score (nSPS) is 9.94. The largest absolute Gasteiger partial charge is 0.422 e. The molecule has 0 bridgehead atoms. The number of nitrogens with zero attached hydrogens (tertiary/aromatic N) is 2. The zero-order valence-corrected chi connectivity index (χ0v) is 9.25. The van der Waals surface area contributed by atoms with E-state index in [2.05, 4.69) is 9.97 Å². The Labute approximate surface area is 98.3 Å². The van der Waals surface area contributed by atoms with Gasteiger partial charge in [0, 0.05) is 0 Å². The van der Waals surface area contributed by atoms with E-state index in [-0.39, 0.29) is 11.5 Å². The van der Waals surface area contributed by atoms with Crippen LogP contribution < -0.4 is 10.5 Å². The van der Waals surface area contributed by atoms with Crippen LogP contribution in [0.1, 0.15) is 16.1 Å². The Bertz CT molecular complexity index is 538. The fraction of sp³-hybridized carbons (Fsp3) is 0.0833. The summed E-state index contributed by atoms with van der Waals surface area (Å²) in [6.07, 6.45) is 2.68. The van der Waals surface area contributed by atoms with Gasteiger partial charge in [0.1, 0.15) is 11.6 Å². The number of esters is 1. The first kappa shape index (κ1) is 11.1. The highest BCUT2D eigenvalue weighted by atomic mass is 16.5. The van der Waals surface area contributed by atoms with Crippen LogP contribution in [0, 0.1) is 6.92 Å². The standard InChI is InChI=1S/C12H11N3O2/c1-8-2-4-9(5-3-8)17-12(16)10-6-14-7-11(13)15-10/h2-7H,1H3,(H2,13,15). The van der Waals surface area contributed by atoms with E-state index in [1.165, 1.54) is 12.4 Å². The van der Waals surface area contributed by atoms with Gasteiger partial charge in [-0.2, -0.15) is 0 Å². The van der Waals surface area contributed by atoms with E-state index in [0.29, 0.717) is 5.75 Å². The minimum absolute atomic E-state index is 0.0885. The summed E-state index contributed by atoms with van der Waals surface area (Å²) >= 11 is 0. The summed E-state index contributed by atoms with van der Waals surface area (Å²) in [5.74, 6) is 0.0711. The van der Waals surface area contributed by atoms with Gasteiger partial charge in [-0.15, -0.1) is 0 Å². The monoisotopic (exact) mass is 229 g/mol. The highest BCUT2D eigenvalue weighted by Gasteiger charge is 2.10. The smallest absolute Gasteiger partial charge is 0.364 e. The fourth-order valence-corrected chi connectivity index (χ4v) is 1.25. The third kappa shape index (κ3) is 2.78. The van der Waals surface area contributed by atoms with E-state index in [9.17, 15) is 4.79 Å². The molecule has 5 heteroatoms. The Morgan fingerprint density at radius 2 is 1.94 bits per heavy atom. The molecular weight excluding hydrogens is 218 g/mol. The summed E-state index contributed by atoms with van der Waals surface area (Å²) in [6, 6.07) is 7.14. The fourth-order valence-electron chi connectivity index (χ4n) is 1.25. The van der Waals surface area contributed by atoms with Crippen molar-refractivity contribution in [3.05, 3.63) is 47.9 Å². The van der Waals surface area contributed by atoms with Gasteiger partial charge in [-0.3, -0.25) is 4.98 Å². The topological polar surface area (TPSA) is 78.1 Å². The van der Waals surface area contributed by atoms with Crippen LogP contribution >= 0.6 is 0 Å². The Hall–Kier alpha value is -2.43. The van der Waals surface area contributed by atoms with Crippen molar-refractivity contribution in [1.29, 1.82) is 0 Å². The minimum atomic E-state index is -0.575. The maximum absolute atomic E-state index is 11.7. The molecule has 2 N–H and O–H groups in total. The van der Waals surface area contributed by atoms with E-state index in [4.69, 9.17) is 10.5 Å². The molecule has 0 saturated heterocycles. The molecule has 1 heterocycles. The Balaban J connectivity index is 2.14. The molecule has 0 aliphatic heterocycles. The predicted octanol–water partition coefficient (Wildman–Crippen LogP) is 1.59. The molecule has 17 heavy (non-hydrogen) atoms. The number of aryl methyl sites for hydroxylation is 1. The lowest BCUT2D eigenvalue weighted by Gasteiger charge is -2.03. The zero-order valence-electron chi connectivity index (χ0n) is 9.25. The second-order valence-electron chi connectivity index (χ2n) is 3.53. The minimum Gasteiger partial charge on any atom is -0.422 e. The maximum Gasteiger partial charge on any atom is 0.364 e. The van der Waals surface area contributed by atoms with Crippen LogP contribution in [0.5, 0.6) is 5.75 Å². The molecule has 0 atom stereocenters. The van der Waals surface area contributed by atoms with Crippen LogP contribution in [0.15, 0.2) is 36.7 Å². The van der Waals surface area contributed by atoms with Crippen molar-refractivity contribution in [3.63, 3.8) is 0 Å². The molecule has 0 unspecified atom stereocenters. The van der Waals surface area contributed by atoms with Crippen molar-refractivity contribution in [1.82, 2.24) is 9.97 Å². The van der Waals surface area contributed by atoms with Crippen molar-refractivity contribution in [2.75, 3.05) is 5.73 Å².